The van der Waals surface area contributed by atoms with Crippen molar-refractivity contribution in [2.45, 2.75) is 31.2 Å². The molecule has 7 nitrogen and oxygen atoms in total. The van der Waals surface area contributed by atoms with Crippen LogP contribution in [0, 0.1) is 0 Å². The molecule has 1 aromatic heterocycles. The second-order valence-corrected chi connectivity index (χ2v) is 5.80. The number of hydrogen-bond donors (Lipinski definition) is 2. The fourth-order valence-corrected chi connectivity index (χ4v) is 2.75. The summed E-state index contributed by atoms with van der Waals surface area (Å²) in [6.45, 7) is -1.49. The summed E-state index contributed by atoms with van der Waals surface area (Å²) in [4.78, 5) is 24.2. The number of nitrogens with zero attached hydrogens (tertiary/aromatic N) is 2. The molecule has 11 heteroatoms. The van der Waals surface area contributed by atoms with E-state index in [4.69, 9.17) is 16.3 Å². The van der Waals surface area contributed by atoms with E-state index >= 15 is 0 Å². The molecule has 0 saturated carbocycles. The number of carbonyl (C=O) groups is 1. The molecule has 2 heterocycles. The number of ether oxygens (including phenoxy) is 1. The average Bonchev–Trinajstić information content (AvgIpc) is 2.94. The SMILES string of the molecule is Cn1nc(Cl)c(CO)c(CC(=O)NC2(C(F)(F)F)CCOC2)c1=O. The van der Waals surface area contributed by atoms with Crippen molar-refractivity contribution in [3.8, 4) is 0 Å². The van der Waals surface area contributed by atoms with Gasteiger partial charge in [0.05, 0.1) is 19.6 Å². The van der Waals surface area contributed by atoms with E-state index in [0.717, 1.165) is 4.68 Å². The molecule has 0 aromatic carbocycles. The van der Waals surface area contributed by atoms with Crippen LogP contribution >= 0.6 is 11.6 Å². The quantitative estimate of drug-likeness (QED) is 0.796. The van der Waals surface area contributed by atoms with Gasteiger partial charge in [-0.05, 0) is 0 Å². The summed E-state index contributed by atoms with van der Waals surface area (Å²) in [6, 6.07) is 0. The predicted molar refractivity (Wildman–Crippen MR) is 76.5 cm³/mol. The number of aromatic nitrogens is 2. The Morgan fingerprint density at radius 3 is 2.67 bits per heavy atom. The van der Waals surface area contributed by atoms with Gasteiger partial charge in [0.25, 0.3) is 5.56 Å². The maximum Gasteiger partial charge on any atom is 0.413 e. The third-order valence-corrected chi connectivity index (χ3v) is 4.15. The smallest absolute Gasteiger partial charge is 0.392 e. The Bertz CT molecular complexity index is 699. The topological polar surface area (TPSA) is 93.4 Å². The fourth-order valence-electron chi connectivity index (χ4n) is 2.46. The van der Waals surface area contributed by atoms with Gasteiger partial charge in [0.15, 0.2) is 10.7 Å². The minimum atomic E-state index is -4.69. The lowest BCUT2D eigenvalue weighted by atomic mass is 9.97. The molecule has 1 fully saturated rings. The first-order valence-electron chi connectivity index (χ1n) is 6.92. The molecule has 1 aliphatic heterocycles. The van der Waals surface area contributed by atoms with Crippen LogP contribution in [-0.4, -0.2) is 45.7 Å². The van der Waals surface area contributed by atoms with E-state index in [-0.39, 0.29) is 22.9 Å². The monoisotopic (exact) mass is 369 g/mol. The highest BCUT2D eigenvalue weighted by atomic mass is 35.5. The van der Waals surface area contributed by atoms with Crippen LogP contribution in [0.3, 0.4) is 0 Å². The van der Waals surface area contributed by atoms with Gasteiger partial charge in [-0.2, -0.15) is 18.3 Å². The zero-order chi connectivity index (χ0) is 18.1. The molecule has 134 valence electrons. The molecule has 2 N–H and O–H groups in total. The maximum absolute atomic E-state index is 13.2. The summed E-state index contributed by atoms with van der Waals surface area (Å²) in [6.07, 6.45) is -5.77. The molecule has 0 bridgehead atoms. The lowest BCUT2D eigenvalue weighted by molar-refractivity contribution is -0.197. The third kappa shape index (κ3) is 3.40. The Morgan fingerprint density at radius 1 is 1.50 bits per heavy atom. The molecule has 1 aliphatic rings. The highest BCUT2D eigenvalue weighted by Crippen LogP contribution is 2.36. The van der Waals surface area contributed by atoms with Crippen LogP contribution in [0.5, 0.6) is 0 Å². The molecule has 24 heavy (non-hydrogen) atoms. The van der Waals surface area contributed by atoms with Crippen LogP contribution in [-0.2, 0) is 29.6 Å². The minimum Gasteiger partial charge on any atom is -0.392 e. The van der Waals surface area contributed by atoms with Gasteiger partial charge in [0.2, 0.25) is 5.91 Å². The Hall–Kier alpha value is -1.65. The molecule has 0 spiro atoms. The van der Waals surface area contributed by atoms with Gasteiger partial charge >= 0.3 is 6.18 Å². The second-order valence-electron chi connectivity index (χ2n) is 5.44. The minimum absolute atomic E-state index is 0.0846. The van der Waals surface area contributed by atoms with Crippen molar-refractivity contribution in [3.63, 3.8) is 0 Å². The number of nitrogens with one attached hydrogen (secondary N) is 1. The van der Waals surface area contributed by atoms with Crippen LogP contribution in [0.1, 0.15) is 17.5 Å². The molecular weight excluding hydrogens is 355 g/mol. The summed E-state index contributed by atoms with van der Waals surface area (Å²) in [7, 11) is 1.28. The highest BCUT2D eigenvalue weighted by molar-refractivity contribution is 6.30. The van der Waals surface area contributed by atoms with Crippen molar-refractivity contribution in [2.75, 3.05) is 13.2 Å². The summed E-state index contributed by atoms with van der Waals surface area (Å²) in [5.74, 6) is -1.02. The largest absolute Gasteiger partial charge is 0.413 e. The molecule has 1 unspecified atom stereocenters. The summed E-state index contributed by atoms with van der Waals surface area (Å²) >= 11 is 5.80. The average molecular weight is 370 g/mol. The van der Waals surface area contributed by atoms with E-state index < -0.39 is 49.2 Å². The lowest BCUT2D eigenvalue weighted by Crippen LogP contribution is -2.59. The van der Waals surface area contributed by atoms with Gasteiger partial charge in [0.1, 0.15) is 0 Å². The molecule has 0 radical (unpaired) electrons. The number of carbonyl (C=O) groups excluding carboxylic acids is 1. The van der Waals surface area contributed by atoms with Gasteiger partial charge in [-0.3, -0.25) is 9.59 Å². The number of alkyl halides is 3. The molecule has 1 aromatic rings. The second kappa shape index (κ2) is 6.69. The van der Waals surface area contributed by atoms with Crippen LogP contribution in [0.4, 0.5) is 13.2 Å². The molecule has 1 saturated heterocycles. The van der Waals surface area contributed by atoms with E-state index in [9.17, 15) is 27.9 Å². The zero-order valence-corrected chi connectivity index (χ0v) is 13.4. The van der Waals surface area contributed by atoms with Crippen LogP contribution < -0.4 is 10.9 Å². The highest BCUT2D eigenvalue weighted by Gasteiger charge is 2.58. The van der Waals surface area contributed by atoms with Crippen LogP contribution in [0.15, 0.2) is 4.79 Å². The van der Waals surface area contributed by atoms with Gasteiger partial charge < -0.3 is 15.2 Å². The molecule has 1 atom stereocenters. The molecule has 2 rings (SSSR count). The van der Waals surface area contributed by atoms with Crippen molar-refractivity contribution in [1.29, 1.82) is 0 Å². The van der Waals surface area contributed by atoms with Crippen LogP contribution in [0.2, 0.25) is 5.15 Å². The van der Waals surface area contributed by atoms with Crippen molar-refractivity contribution >= 4 is 17.5 Å². The number of rotatable bonds is 4. The lowest BCUT2D eigenvalue weighted by Gasteiger charge is -2.31. The van der Waals surface area contributed by atoms with Gasteiger partial charge in [-0.15, -0.1) is 0 Å². The van der Waals surface area contributed by atoms with E-state index in [1.807, 2.05) is 5.32 Å². The number of hydrogen-bond acceptors (Lipinski definition) is 5. The van der Waals surface area contributed by atoms with E-state index in [0.29, 0.717) is 0 Å². The summed E-state index contributed by atoms with van der Waals surface area (Å²) in [5, 5.41) is 14.7. The number of aliphatic hydroxyl groups is 1. The number of aryl methyl sites for hydroxylation is 1. The van der Waals surface area contributed by atoms with Gasteiger partial charge in [-0.1, -0.05) is 11.6 Å². The first-order chi connectivity index (χ1) is 11.1. The number of halogens is 4. The van der Waals surface area contributed by atoms with E-state index in [1.54, 1.807) is 0 Å². The summed E-state index contributed by atoms with van der Waals surface area (Å²) in [5.41, 5.74) is -3.49. The summed E-state index contributed by atoms with van der Waals surface area (Å²) < 4.78 is 45.3. The third-order valence-electron chi connectivity index (χ3n) is 3.84. The standard InChI is InChI=1S/C13H15ClF3N3O4/c1-20-11(23)7(8(5-21)10(14)19-20)4-9(22)18-12(13(15,16)17)2-3-24-6-12/h21H,2-6H2,1H3,(H,18,22). The van der Waals surface area contributed by atoms with E-state index in [2.05, 4.69) is 5.10 Å². The van der Waals surface area contributed by atoms with Gasteiger partial charge in [0, 0.05) is 31.2 Å². The zero-order valence-electron chi connectivity index (χ0n) is 12.6. The first kappa shape index (κ1) is 18.7. The first-order valence-corrected chi connectivity index (χ1v) is 7.30. The van der Waals surface area contributed by atoms with Crippen molar-refractivity contribution in [3.05, 3.63) is 26.6 Å². The number of aliphatic hydroxyl groups excluding tert-OH is 1. The molecule has 1 amide bonds. The van der Waals surface area contributed by atoms with Crippen molar-refractivity contribution in [2.24, 2.45) is 7.05 Å². The van der Waals surface area contributed by atoms with Crippen molar-refractivity contribution < 1.29 is 27.8 Å². The normalized spacial score (nSPS) is 21.1. The maximum atomic E-state index is 13.2. The molecular formula is C13H15ClF3N3O4. The number of amides is 1. The molecule has 0 aliphatic carbocycles. The predicted octanol–water partition coefficient (Wildman–Crippen LogP) is 0.306. The Kier molecular flexibility index (Phi) is 5.21. The fraction of sp³-hybridized carbons (Fsp3) is 0.615. The Balaban J connectivity index is 2.29. The Morgan fingerprint density at radius 2 is 2.17 bits per heavy atom. The van der Waals surface area contributed by atoms with Crippen LogP contribution in [0.25, 0.3) is 0 Å². The van der Waals surface area contributed by atoms with E-state index in [1.165, 1.54) is 7.05 Å². The van der Waals surface area contributed by atoms with Gasteiger partial charge in [-0.25, -0.2) is 4.68 Å². The van der Waals surface area contributed by atoms with Crippen molar-refractivity contribution in [1.82, 2.24) is 15.1 Å². The Labute approximate surface area is 139 Å².